The number of amides is 1. The number of nitrogens with one attached hydrogen (secondary N) is 1. The molecule has 32 heavy (non-hydrogen) atoms. The van der Waals surface area contributed by atoms with E-state index in [1.807, 2.05) is 11.7 Å². The molecule has 6 nitrogen and oxygen atoms in total. The number of rotatable bonds is 5. The van der Waals surface area contributed by atoms with Crippen LogP contribution in [-0.2, 0) is 26.4 Å². The zero-order chi connectivity index (χ0) is 22.1. The van der Waals surface area contributed by atoms with Gasteiger partial charge < -0.3 is 5.32 Å². The number of aryl methyl sites for hydroxylation is 1. The molecule has 2 aromatic rings. The molecule has 1 N–H and O–H groups in total. The molecule has 0 radical (unpaired) electrons. The lowest BCUT2D eigenvalue weighted by molar-refractivity contribution is 0.0654. The minimum atomic E-state index is -0.298. The molecule has 5 rings (SSSR count). The van der Waals surface area contributed by atoms with Crippen LogP contribution in [0.1, 0.15) is 59.4 Å². The molecule has 1 saturated heterocycles. The summed E-state index contributed by atoms with van der Waals surface area (Å²) in [6.45, 7) is 4.73. The zero-order valence-electron chi connectivity index (χ0n) is 19.0. The number of fused-ring (bicyclic) bond motifs is 1. The first kappa shape index (κ1) is 21.6. The number of halogens is 1. The van der Waals surface area contributed by atoms with E-state index in [9.17, 15) is 9.18 Å². The number of nitrogens with zero attached hydrogens (tertiary/aromatic N) is 4. The second-order valence-corrected chi connectivity index (χ2v) is 9.58. The Morgan fingerprint density at radius 1 is 1.06 bits per heavy atom. The smallest absolute Gasteiger partial charge is 0.272 e. The summed E-state index contributed by atoms with van der Waals surface area (Å²) in [6, 6.07) is 7.83. The molecule has 0 bridgehead atoms. The van der Waals surface area contributed by atoms with Crippen LogP contribution < -0.4 is 5.32 Å². The van der Waals surface area contributed by atoms with E-state index < -0.39 is 0 Å². The summed E-state index contributed by atoms with van der Waals surface area (Å²) in [5, 5.41) is 7.43. The van der Waals surface area contributed by atoms with E-state index >= 15 is 0 Å². The highest BCUT2D eigenvalue weighted by molar-refractivity contribution is 5.94. The summed E-state index contributed by atoms with van der Waals surface area (Å²) in [4.78, 5) is 18.3. The fraction of sp³-hybridized carbons (Fsp3) is 0.600. The second kappa shape index (κ2) is 9.32. The molecule has 3 aliphatic rings. The number of carbonyl (C=O) groups excluding carboxylic acids is 1. The summed E-state index contributed by atoms with van der Waals surface area (Å²) in [7, 11) is 1.92. The van der Waals surface area contributed by atoms with Crippen LogP contribution in [0.3, 0.4) is 0 Å². The molecule has 0 spiro atoms. The van der Waals surface area contributed by atoms with Crippen LogP contribution in [0.4, 0.5) is 4.39 Å². The molecule has 2 fully saturated rings. The average Bonchev–Trinajstić information content (AvgIpc) is 3.47. The highest BCUT2D eigenvalue weighted by atomic mass is 19.1. The first-order valence-electron chi connectivity index (χ1n) is 12.1. The van der Waals surface area contributed by atoms with Crippen LogP contribution in [0.5, 0.6) is 0 Å². The van der Waals surface area contributed by atoms with Gasteiger partial charge in [0.25, 0.3) is 5.91 Å². The van der Waals surface area contributed by atoms with Crippen LogP contribution in [0, 0.1) is 5.82 Å². The topological polar surface area (TPSA) is 53.4 Å². The van der Waals surface area contributed by atoms with Crippen LogP contribution in [0.25, 0.3) is 0 Å². The molecule has 1 aromatic heterocycles. The minimum Gasteiger partial charge on any atom is -0.346 e. The number of hydrogen-bond donors (Lipinski definition) is 1. The second-order valence-electron chi connectivity index (χ2n) is 9.58. The van der Waals surface area contributed by atoms with Crippen molar-refractivity contribution in [2.24, 2.45) is 7.05 Å². The number of aromatic nitrogens is 2. The molecule has 1 saturated carbocycles. The maximum Gasteiger partial charge on any atom is 0.272 e. The summed E-state index contributed by atoms with van der Waals surface area (Å²) in [6.07, 6.45) is 8.45. The van der Waals surface area contributed by atoms with Gasteiger partial charge in [-0.2, -0.15) is 5.10 Å². The highest BCUT2D eigenvalue weighted by Crippen LogP contribution is 2.29. The van der Waals surface area contributed by atoms with Crippen molar-refractivity contribution < 1.29 is 9.18 Å². The Hall–Kier alpha value is -2.25. The van der Waals surface area contributed by atoms with Gasteiger partial charge >= 0.3 is 0 Å². The van der Waals surface area contributed by atoms with Crippen LogP contribution in [0.15, 0.2) is 24.3 Å². The van der Waals surface area contributed by atoms with Crippen LogP contribution in [0.2, 0.25) is 0 Å². The van der Waals surface area contributed by atoms with Crippen molar-refractivity contribution in [3.8, 4) is 0 Å². The Morgan fingerprint density at radius 3 is 2.47 bits per heavy atom. The lowest BCUT2D eigenvalue weighted by Crippen LogP contribution is -2.53. The molecule has 1 aliphatic heterocycles. The van der Waals surface area contributed by atoms with Crippen molar-refractivity contribution in [3.63, 3.8) is 0 Å². The van der Waals surface area contributed by atoms with E-state index in [0.717, 1.165) is 57.0 Å². The van der Waals surface area contributed by atoms with Gasteiger partial charge in [0.15, 0.2) is 5.69 Å². The molecule has 1 aromatic carbocycles. The summed E-state index contributed by atoms with van der Waals surface area (Å²) in [5.74, 6) is -0.510. The third kappa shape index (κ3) is 4.33. The standard InChI is InChI=1S/C25H34FN5O/c1-29-23-11-10-20(31-14-12-30(13-15-31)19-7-3-4-8-19)16-21(23)24(28-29)25(32)27-17-18-6-2-5-9-22(18)26/h2,5-6,9,19-20H,3-4,7-8,10-17H2,1H3,(H,27,32). The summed E-state index contributed by atoms with van der Waals surface area (Å²) < 4.78 is 15.8. The molecule has 1 unspecified atom stereocenters. The maximum absolute atomic E-state index is 13.9. The van der Waals surface area contributed by atoms with Gasteiger partial charge in [0.1, 0.15) is 5.82 Å². The van der Waals surface area contributed by atoms with Crippen molar-refractivity contribution in [2.75, 3.05) is 26.2 Å². The van der Waals surface area contributed by atoms with E-state index in [0.29, 0.717) is 17.3 Å². The van der Waals surface area contributed by atoms with Gasteiger partial charge in [-0.05, 0) is 38.2 Å². The lowest BCUT2D eigenvalue weighted by atomic mass is 9.89. The minimum absolute atomic E-state index is 0.170. The maximum atomic E-state index is 13.9. The molecule has 1 atom stereocenters. The van der Waals surface area contributed by atoms with Crippen molar-refractivity contribution in [1.29, 1.82) is 0 Å². The first-order chi connectivity index (χ1) is 15.6. The quantitative estimate of drug-likeness (QED) is 0.779. The first-order valence-corrected chi connectivity index (χ1v) is 12.1. The lowest BCUT2D eigenvalue weighted by Gasteiger charge is -2.42. The highest BCUT2D eigenvalue weighted by Gasteiger charge is 2.34. The van der Waals surface area contributed by atoms with Gasteiger partial charge in [-0.3, -0.25) is 19.3 Å². The van der Waals surface area contributed by atoms with E-state index in [1.54, 1.807) is 18.2 Å². The Bertz CT molecular complexity index is 959. The number of benzene rings is 1. The summed E-state index contributed by atoms with van der Waals surface area (Å²) >= 11 is 0. The largest absolute Gasteiger partial charge is 0.346 e. The van der Waals surface area contributed by atoms with Gasteiger partial charge in [-0.15, -0.1) is 0 Å². The third-order valence-electron chi connectivity index (χ3n) is 7.75. The van der Waals surface area contributed by atoms with Gasteiger partial charge in [0.2, 0.25) is 0 Å². The Morgan fingerprint density at radius 2 is 1.75 bits per heavy atom. The van der Waals surface area contributed by atoms with Gasteiger partial charge in [-0.1, -0.05) is 31.0 Å². The van der Waals surface area contributed by atoms with Crippen molar-refractivity contribution in [1.82, 2.24) is 24.9 Å². The molecule has 1 amide bonds. The predicted octanol–water partition coefficient (Wildman–Crippen LogP) is 2.91. The average molecular weight is 440 g/mol. The Balaban J connectivity index is 1.23. The van der Waals surface area contributed by atoms with Crippen LogP contribution in [-0.4, -0.2) is 63.8 Å². The van der Waals surface area contributed by atoms with Crippen molar-refractivity contribution >= 4 is 5.91 Å². The molecular weight excluding hydrogens is 405 g/mol. The molecule has 2 heterocycles. The van der Waals surface area contributed by atoms with E-state index in [1.165, 1.54) is 37.4 Å². The molecule has 7 heteroatoms. The number of hydrogen-bond acceptors (Lipinski definition) is 4. The fourth-order valence-electron chi connectivity index (χ4n) is 5.90. The van der Waals surface area contributed by atoms with Gasteiger partial charge in [0, 0.05) is 68.7 Å². The van der Waals surface area contributed by atoms with E-state index in [4.69, 9.17) is 0 Å². The van der Waals surface area contributed by atoms with Gasteiger partial charge in [-0.25, -0.2) is 4.39 Å². The Kier molecular flexibility index (Phi) is 6.28. The fourth-order valence-corrected chi connectivity index (χ4v) is 5.90. The van der Waals surface area contributed by atoms with Crippen molar-refractivity contribution in [3.05, 3.63) is 52.6 Å². The monoisotopic (exact) mass is 439 g/mol. The number of piperazine rings is 1. The normalized spacial score (nSPS) is 22.8. The molecule has 2 aliphatic carbocycles. The molecular formula is C25H34FN5O. The van der Waals surface area contributed by atoms with Crippen LogP contribution >= 0.6 is 0 Å². The zero-order valence-corrected chi connectivity index (χ0v) is 19.0. The Labute approximate surface area is 189 Å². The van der Waals surface area contributed by atoms with E-state index in [2.05, 4.69) is 20.2 Å². The third-order valence-corrected chi connectivity index (χ3v) is 7.75. The van der Waals surface area contributed by atoms with Crippen molar-refractivity contribution in [2.45, 2.75) is 63.6 Å². The summed E-state index contributed by atoms with van der Waals surface area (Å²) in [5.41, 5.74) is 3.24. The molecule has 172 valence electrons. The van der Waals surface area contributed by atoms with Gasteiger partial charge in [0.05, 0.1) is 0 Å². The SMILES string of the molecule is Cn1nc(C(=O)NCc2ccccc2F)c2c1CCC(N1CCN(C3CCCC3)CC1)C2. The predicted molar refractivity (Wildman–Crippen MR) is 122 cm³/mol. The van der Waals surface area contributed by atoms with E-state index in [-0.39, 0.29) is 18.3 Å². The number of carbonyl (C=O) groups is 1.